The highest BCUT2D eigenvalue weighted by atomic mass is 16.5. The Hall–Kier alpha value is -8.41. The van der Waals surface area contributed by atoms with Gasteiger partial charge >= 0.3 is 0 Å². The second-order valence-electron chi connectivity index (χ2n) is 18.2. The molecule has 0 atom stereocenters. The van der Waals surface area contributed by atoms with E-state index >= 15 is 0 Å². The minimum atomic E-state index is -0.727. The zero-order valence-corrected chi connectivity index (χ0v) is 36.2. The number of hydrogen-bond acceptors (Lipinski definition) is 5. The smallest absolute Gasteiger partial charge is 0.167 e. The predicted octanol–water partition coefficient (Wildman–Crippen LogP) is 15.2. The van der Waals surface area contributed by atoms with Gasteiger partial charge in [0.05, 0.1) is 11.0 Å². The van der Waals surface area contributed by atoms with E-state index in [0.717, 1.165) is 77.9 Å². The van der Waals surface area contributed by atoms with Crippen LogP contribution in [0.4, 0.5) is 0 Å². The quantitative estimate of drug-likeness (QED) is 0.177. The topological polar surface area (TPSA) is 61.0 Å². The van der Waals surface area contributed by atoms with E-state index in [4.69, 9.17) is 24.1 Å². The lowest BCUT2D eigenvalue weighted by atomic mass is 9.65. The number of benzene rings is 9. The van der Waals surface area contributed by atoms with Crippen LogP contribution in [-0.2, 0) is 10.8 Å². The highest BCUT2D eigenvalue weighted by molar-refractivity contribution is 6.09. The molecule has 9 aromatic carbocycles. The van der Waals surface area contributed by atoms with Gasteiger partial charge in [-0.2, -0.15) is 0 Å². The molecule has 0 saturated heterocycles. The summed E-state index contributed by atoms with van der Waals surface area (Å²) < 4.78 is 13.4. The maximum atomic E-state index is 6.79. The van der Waals surface area contributed by atoms with Gasteiger partial charge in [-0.15, -0.1) is 0 Å². The van der Waals surface area contributed by atoms with Gasteiger partial charge in [-0.05, 0) is 86.0 Å². The first-order valence-corrected chi connectivity index (χ1v) is 22.6. The van der Waals surface area contributed by atoms with Crippen LogP contribution < -0.4 is 4.74 Å². The highest BCUT2D eigenvalue weighted by Gasteiger charge is 2.52. The lowest BCUT2D eigenvalue weighted by Crippen LogP contribution is -2.32. The zero-order valence-electron chi connectivity index (χ0n) is 36.2. The highest BCUT2D eigenvalue weighted by Crippen LogP contribution is 2.64. The van der Waals surface area contributed by atoms with Crippen LogP contribution in [0.5, 0.6) is 11.5 Å². The van der Waals surface area contributed by atoms with Gasteiger partial charge < -0.3 is 9.15 Å². The van der Waals surface area contributed by atoms with Crippen molar-refractivity contribution in [1.82, 2.24) is 15.0 Å². The molecule has 2 aliphatic carbocycles. The van der Waals surface area contributed by atoms with Gasteiger partial charge in [-0.25, -0.2) is 15.0 Å². The van der Waals surface area contributed by atoms with Crippen LogP contribution in [0.1, 0.15) is 47.2 Å². The number of para-hydroxylation sites is 4. The summed E-state index contributed by atoms with van der Waals surface area (Å²) in [4.78, 5) is 16.0. The molecule has 3 aliphatic rings. The lowest BCUT2D eigenvalue weighted by molar-refractivity contribution is 0.436. The first-order valence-electron chi connectivity index (χ1n) is 22.6. The molecule has 1 aliphatic heterocycles. The first-order chi connectivity index (χ1) is 32.5. The van der Waals surface area contributed by atoms with Crippen LogP contribution in [0.2, 0.25) is 0 Å². The molecule has 0 bridgehead atoms. The standard InChI is InChI=1S/C61H39N3O2/c1-60(2)45-25-8-6-20-41(45)54-38(21-15-28-48(54)60)37-33-34-42-50(35-37)61(46-26-9-12-31-52(46)65-53-32-13-10-27-47(53)61)49-29-16-23-43(55(42)49)58-62-57(36-17-4-3-5-18-36)63-59(64-58)44-24-14-22-40-39-19-7-11-30-51(39)66-56(40)44/h3-35H,1-2H3. The van der Waals surface area contributed by atoms with Crippen molar-refractivity contribution in [2.45, 2.75) is 24.7 Å². The first kappa shape index (κ1) is 37.0. The van der Waals surface area contributed by atoms with E-state index in [0.29, 0.717) is 17.5 Å². The largest absolute Gasteiger partial charge is 0.457 e. The fourth-order valence-corrected chi connectivity index (χ4v) is 11.6. The molecule has 2 aromatic heterocycles. The maximum Gasteiger partial charge on any atom is 0.167 e. The second kappa shape index (κ2) is 13.6. The van der Waals surface area contributed by atoms with Crippen molar-refractivity contribution < 1.29 is 9.15 Å². The predicted molar refractivity (Wildman–Crippen MR) is 264 cm³/mol. The van der Waals surface area contributed by atoms with Gasteiger partial charge in [0.25, 0.3) is 0 Å². The van der Waals surface area contributed by atoms with E-state index in [-0.39, 0.29) is 5.41 Å². The number of fused-ring (bicyclic) bond motifs is 15. The Morgan fingerprint density at radius 3 is 1.71 bits per heavy atom. The molecule has 11 aromatic rings. The number of nitrogens with zero attached hydrogens (tertiary/aromatic N) is 3. The number of furan rings is 1. The normalized spacial score (nSPS) is 14.3. The van der Waals surface area contributed by atoms with Crippen molar-refractivity contribution in [3.8, 4) is 79.0 Å². The Morgan fingerprint density at radius 1 is 0.364 bits per heavy atom. The van der Waals surface area contributed by atoms with Gasteiger partial charge in [0.15, 0.2) is 17.5 Å². The molecule has 0 amide bonds. The van der Waals surface area contributed by atoms with Crippen LogP contribution in [0.15, 0.2) is 205 Å². The van der Waals surface area contributed by atoms with Crippen LogP contribution in [0, 0.1) is 0 Å². The molecule has 0 saturated carbocycles. The van der Waals surface area contributed by atoms with E-state index in [1.807, 2.05) is 36.4 Å². The molecule has 0 N–H and O–H groups in total. The zero-order chi connectivity index (χ0) is 43.7. The average Bonchev–Trinajstić information content (AvgIpc) is 3.98. The number of aromatic nitrogens is 3. The van der Waals surface area contributed by atoms with Gasteiger partial charge in [0, 0.05) is 38.4 Å². The Kier molecular flexibility index (Phi) is 7.60. The molecular weight excluding hydrogens is 807 g/mol. The Morgan fingerprint density at radius 2 is 0.909 bits per heavy atom. The summed E-state index contributed by atoms with van der Waals surface area (Å²) in [5.41, 5.74) is 17.8. The molecule has 5 heteroatoms. The third kappa shape index (κ3) is 4.97. The molecule has 3 heterocycles. The molecular formula is C61H39N3O2. The van der Waals surface area contributed by atoms with Gasteiger partial charge in [-0.1, -0.05) is 184 Å². The SMILES string of the molecule is CC1(C)c2ccccc2-c2c(-c3ccc4c(c3)C3(c5ccccc5Oc5ccccc53)c3cccc(-c5nc(-c6ccccc6)nc(-c6cccc7c6oc6ccccc67)n5)c3-4)cccc21. The number of ether oxygens (including phenoxy) is 1. The van der Waals surface area contributed by atoms with E-state index < -0.39 is 5.41 Å². The number of hydrogen-bond donors (Lipinski definition) is 0. The molecule has 0 radical (unpaired) electrons. The number of rotatable bonds is 4. The summed E-state index contributed by atoms with van der Waals surface area (Å²) in [7, 11) is 0. The van der Waals surface area contributed by atoms with Gasteiger partial charge in [0.2, 0.25) is 0 Å². The molecule has 310 valence electrons. The lowest BCUT2D eigenvalue weighted by Gasteiger charge is -2.39. The molecule has 14 rings (SSSR count). The van der Waals surface area contributed by atoms with Crippen LogP contribution in [-0.4, -0.2) is 15.0 Å². The van der Waals surface area contributed by atoms with E-state index in [9.17, 15) is 0 Å². The summed E-state index contributed by atoms with van der Waals surface area (Å²) in [5.74, 6) is 3.41. The fourth-order valence-electron chi connectivity index (χ4n) is 11.6. The van der Waals surface area contributed by atoms with Crippen LogP contribution >= 0.6 is 0 Å². The molecule has 1 spiro atoms. The summed E-state index contributed by atoms with van der Waals surface area (Å²) in [6, 6.07) is 71.1. The van der Waals surface area contributed by atoms with E-state index in [2.05, 4.69) is 178 Å². The summed E-state index contributed by atoms with van der Waals surface area (Å²) in [5, 5.41) is 2.08. The molecule has 0 fully saturated rings. The summed E-state index contributed by atoms with van der Waals surface area (Å²) in [6.45, 7) is 4.69. The Balaban J connectivity index is 1.06. The summed E-state index contributed by atoms with van der Waals surface area (Å²) >= 11 is 0. The van der Waals surface area contributed by atoms with E-state index in [1.54, 1.807) is 0 Å². The maximum absolute atomic E-state index is 6.79. The Labute approximate surface area is 381 Å². The van der Waals surface area contributed by atoms with Crippen molar-refractivity contribution in [3.05, 3.63) is 234 Å². The van der Waals surface area contributed by atoms with Crippen molar-refractivity contribution in [2.24, 2.45) is 0 Å². The summed E-state index contributed by atoms with van der Waals surface area (Å²) in [6.07, 6.45) is 0. The van der Waals surface area contributed by atoms with Crippen molar-refractivity contribution in [1.29, 1.82) is 0 Å². The van der Waals surface area contributed by atoms with Crippen LogP contribution in [0.25, 0.3) is 89.5 Å². The minimum Gasteiger partial charge on any atom is -0.457 e. The third-order valence-electron chi connectivity index (χ3n) is 14.4. The average molecular weight is 846 g/mol. The monoisotopic (exact) mass is 845 g/mol. The van der Waals surface area contributed by atoms with Crippen molar-refractivity contribution >= 4 is 21.9 Å². The van der Waals surface area contributed by atoms with Crippen molar-refractivity contribution in [3.63, 3.8) is 0 Å². The minimum absolute atomic E-state index is 0.123. The molecule has 0 unspecified atom stereocenters. The molecule has 5 nitrogen and oxygen atoms in total. The van der Waals surface area contributed by atoms with Gasteiger partial charge in [0.1, 0.15) is 22.7 Å². The third-order valence-corrected chi connectivity index (χ3v) is 14.4. The molecule has 66 heavy (non-hydrogen) atoms. The van der Waals surface area contributed by atoms with Crippen molar-refractivity contribution in [2.75, 3.05) is 0 Å². The Bertz CT molecular complexity index is 3800. The van der Waals surface area contributed by atoms with Crippen LogP contribution in [0.3, 0.4) is 0 Å². The van der Waals surface area contributed by atoms with Gasteiger partial charge in [-0.3, -0.25) is 0 Å². The second-order valence-corrected chi connectivity index (χ2v) is 18.2. The fraction of sp³-hybridized carbons (Fsp3) is 0.0656. The van der Waals surface area contributed by atoms with E-state index in [1.165, 1.54) is 38.9 Å².